The zero-order chi connectivity index (χ0) is 8.01. The molecule has 0 aromatic heterocycles. The predicted octanol–water partition coefficient (Wildman–Crippen LogP) is 2.15. The average molecular weight is 151 g/mol. The molecule has 0 amide bonds. The maximum Gasteiger partial charge on any atom is 0.0323 e. The molecule has 2 aliphatic rings. The van der Waals surface area contributed by atoms with E-state index in [2.05, 4.69) is 25.7 Å². The molecular formula is C10H17N. The van der Waals surface area contributed by atoms with Crippen molar-refractivity contribution < 1.29 is 0 Å². The largest absolute Gasteiger partial charge is 0.385 e. The van der Waals surface area contributed by atoms with Crippen LogP contribution in [0.5, 0.6) is 0 Å². The lowest BCUT2D eigenvalue weighted by atomic mass is 9.96. The van der Waals surface area contributed by atoms with E-state index >= 15 is 0 Å². The summed E-state index contributed by atoms with van der Waals surface area (Å²) in [7, 11) is 0. The SMILES string of the molecule is C=C1C[C@H](C)[C@H]2[C@H](CC)[C@H]2N1. The van der Waals surface area contributed by atoms with Crippen molar-refractivity contribution in [2.75, 3.05) is 0 Å². The molecule has 0 bridgehead atoms. The maximum absolute atomic E-state index is 4.00. The highest BCUT2D eigenvalue weighted by molar-refractivity contribution is 5.15. The minimum Gasteiger partial charge on any atom is -0.385 e. The Morgan fingerprint density at radius 1 is 1.64 bits per heavy atom. The smallest absolute Gasteiger partial charge is 0.0323 e. The molecule has 0 spiro atoms. The van der Waals surface area contributed by atoms with Crippen molar-refractivity contribution in [3.05, 3.63) is 12.3 Å². The summed E-state index contributed by atoms with van der Waals surface area (Å²) in [5, 5.41) is 3.49. The fourth-order valence-corrected chi connectivity index (χ4v) is 2.73. The van der Waals surface area contributed by atoms with Gasteiger partial charge in [-0.15, -0.1) is 0 Å². The van der Waals surface area contributed by atoms with Gasteiger partial charge in [-0.3, -0.25) is 0 Å². The van der Waals surface area contributed by atoms with Crippen LogP contribution in [0.4, 0.5) is 0 Å². The Bertz CT molecular complexity index is 185. The van der Waals surface area contributed by atoms with Crippen molar-refractivity contribution in [2.24, 2.45) is 17.8 Å². The molecule has 2 fully saturated rings. The highest BCUT2D eigenvalue weighted by atomic mass is 15.0. The van der Waals surface area contributed by atoms with Gasteiger partial charge in [0.15, 0.2) is 0 Å². The number of nitrogens with one attached hydrogen (secondary N) is 1. The van der Waals surface area contributed by atoms with Crippen molar-refractivity contribution in [3.63, 3.8) is 0 Å². The third-order valence-electron chi connectivity index (χ3n) is 3.30. The molecule has 1 heterocycles. The second-order valence-electron chi connectivity index (χ2n) is 4.10. The van der Waals surface area contributed by atoms with Crippen LogP contribution in [0, 0.1) is 17.8 Å². The summed E-state index contributed by atoms with van der Waals surface area (Å²) in [5.41, 5.74) is 1.26. The van der Waals surface area contributed by atoms with Crippen LogP contribution in [-0.2, 0) is 0 Å². The quantitative estimate of drug-likeness (QED) is 0.605. The molecule has 0 unspecified atom stereocenters. The molecule has 11 heavy (non-hydrogen) atoms. The average Bonchev–Trinajstić information content (AvgIpc) is 2.61. The van der Waals surface area contributed by atoms with Crippen molar-refractivity contribution >= 4 is 0 Å². The maximum atomic E-state index is 4.00. The van der Waals surface area contributed by atoms with Crippen LogP contribution in [0.25, 0.3) is 0 Å². The molecule has 0 radical (unpaired) electrons. The number of allylic oxidation sites excluding steroid dienone is 1. The number of rotatable bonds is 1. The topological polar surface area (TPSA) is 12.0 Å². The van der Waals surface area contributed by atoms with Crippen molar-refractivity contribution in [2.45, 2.75) is 32.7 Å². The Morgan fingerprint density at radius 3 is 3.00 bits per heavy atom. The van der Waals surface area contributed by atoms with Gasteiger partial charge in [0.05, 0.1) is 0 Å². The van der Waals surface area contributed by atoms with E-state index in [1.165, 1.54) is 18.5 Å². The van der Waals surface area contributed by atoms with Gasteiger partial charge in [0, 0.05) is 11.7 Å². The monoisotopic (exact) mass is 151 g/mol. The Hall–Kier alpha value is -0.460. The predicted molar refractivity (Wildman–Crippen MR) is 47.1 cm³/mol. The van der Waals surface area contributed by atoms with Crippen LogP contribution < -0.4 is 5.32 Å². The highest BCUT2D eigenvalue weighted by Crippen LogP contribution is 2.51. The van der Waals surface area contributed by atoms with Crippen LogP contribution in [0.2, 0.25) is 0 Å². The second kappa shape index (κ2) is 2.26. The van der Waals surface area contributed by atoms with Gasteiger partial charge in [-0.1, -0.05) is 26.8 Å². The van der Waals surface area contributed by atoms with E-state index in [4.69, 9.17) is 0 Å². The van der Waals surface area contributed by atoms with Crippen molar-refractivity contribution in [1.82, 2.24) is 5.32 Å². The van der Waals surface area contributed by atoms with E-state index in [0.29, 0.717) is 0 Å². The fraction of sp³-hybridized carbons (Fsp3) is 0.800. The summed E-state index contributed by atoms with van der Waals surface area (Å²) in [5.74, 6) is 2.79. The van der Waals surface area contributed by atoms with Gasteiger partial charge in [0.25, 0.3) is 0 Å². The summed E-state index contributed by atoms with van der Waals surface area (Å²) < 4.78 is 0. The Labute approximate surface area is 68.9 Å². The minimum absolute atomic E-state index is 0.788. The number of hydrogen-bond acceptors (Lipinski definition) is 1. The summed E-state index contributed by atoms with van der Waals surface area (Å²) in [6.45, 7) is 8.65. The van der Waals surface area contributed by atoms with Gasteiger partial charge >= 0.3 is 0 Å². The molecule has 0 aromatic rings. The molecule has 1 nitrogen and oxygen atoms in total. The molecule has 1 saturated heterocycles. The van der Waals surface area contributed by atoms with Crippen molar-refractivity contribution in [1.29, 1.82) is 0 Å². The first-order valence-electron chi connectivity index (χ1n) is 4.68. The summed E-state index contributed by atoms with van der Waals surface area (Å²) in [6.07, 6.45) is 2.53. The summed E-state index contributed by atoms with van der Waals surface area (Å²) >= 11 is 0. The molecule has 1 aliphatic heterocycles. The van der Waals surface area contributed by atoms with E-state index in [-0.39, 0.29) is 0 Å². The van der Waals surface area contributed by atoms with E-state index in [9.17, 15) is 0 Å². The number of hydrogen-bond donors (Lipinski definition) is 1. The normalized spacial score (nSPS) is 48.0. The van der Waals surface area contributed by atoms with Gasteiger partial charge in [0.1, 0.15) is 0 Å². The molecule has 2 rings (SSSR count). The van der Waals surface area contributed by atoms with Crippen LogP contribution in [0.1, 0.15) is 26.7 Å². The van der Waals surface area contributed by atoms with Crippen LogP contribution >= 0.6 is 0 Å². The molecule has 1 N–H and O–H groups in total. The standard InChI is InChI=1S/C10H17N/c1-4-8-9-6(2)5-7(3)11-10(8)9/h6,8-11H,3-5H2,1-2H3/t6-,8-,9-,10+/m0/s1. The first-order valence-corrected chi connectivity index (χ1v) is 4.68. The third-order valence-corrected chi connectivity index (χ3v) is 3.30. The van der Waals surface area contributed by atoms with E-state index in [1.54, 1.807) is 0 Å². The van der Waals surface area contributed by atoms with Crippen molar-refractivity contribution in [3.8, 4) is 0 Å². The fourth-order valence-electron chi connectivity index (χ4n) is 2.73. The zero-order valence-electron chi connectivity index (χ0n) is 7.43. The van der Waals surface area contributed by atoms with Gasteiger partial charge in [-0.05, 0) is 24.2 Å². The van der Waals surface area contributed by atoms with Gasteiger partial charge in [-0.25, -0.2) is 0 Å². The molecular weight excluding hydrogens is 134 g/mol. The summed E-state index contributed by atoms with van der Waals surface area (Å²) in [6, 6.07) is 0.788. The molecule has 1 saturated carbocycles. The lowest BCUT2D eigenvalue weighted by Gasteiger charge is -2.20. The first kappa shape index (κ1) is 7.20. The zero-order valence-corrected chi connectivity index (χ0v) is 7.43. The Balaban J connectivity index is 2.04. The van der Waals surface area contributed by atoms with Gasteiger partial charge in [0.2, 0.25) is 0 Å². The van der Waals surface area contributed by atoms with Crippen LogP contribution in [0.3, 0.4) is 0 Å². The lowest BCUT2D eigenvalue weighted by molar-refractivity contribution is 0.418. The van der Waals surface area contributed by atoms with Crippen LogP contribution in [-0.4, -0.2) is 6.04 Å². The molecule has 1 heteroatoms. The van der Waals surface area contributed by atoms with Crippen LogP contribution in [0.15, 0.2) is 12.3 Å². The Kier molecular flexibility index (Phi) is 1.48. The van der Waals surface area contributed by atoms with E-state index in [0.717, 1.165) is 23.8 Å². The van der Waals surface area contributed by atoms with Gasteiger partial charge in [-0.2, -0.15) is 0 Å². The van der Waals surface area contributed by atoms with E-state index in [1.807, 2.05) is 0 Å². The third kappa shape index (κ3) is 0.979. The highest BCUT2D eigenvalue weighted by Gasteiger charge is 2.53. The minimum atomic E-state index is 0.788. The van der Waals surface area contributed by atoms with E-state index < -0.39 is 0 Å². The molecule has 0 aromatic carbocycles. The summed E-state index contributed by atoms with van der Waals surface area (Å²) in [4.78, 5) is 0. The van der Waals surface area contributed by atoms with Gasteiger partial charge < -0.3 is 5.32 Å². The molecule has 4 atom stereocenters. The lowest BCUT2D eigenvalue weighted by Crippen LogP contribution is -2.25. The first-order chi connectivity index (χ1) is 5.24. The molecule has 1 aliphatic carbocycles. The Morgan fingerprint density at radius 2 is 2.36 bits per heavy atom. The number of fused-ring (bicyclic) bond motifs is 1. The second-order valence-corrected chi connectivity index (χ2v) is 4.10. The molecule has 62 valence electrons. The number of piperidine rings is 1.